The maximum Gasteiger partial charge on any atom is 0.262 e. The van der Waals surface area contributed by atoms with Gasteiger partial charge in [0.25, 0.3) is 11.8 Å². The van der Waals surface area contributed by atoms with Gasteiger partial charge in [-0.3, -0.25) is 29.4 Å². The van der Waals surface area contributed by atoms with Gasteiger partial charge in [-0.25, -0.2) is 0 Å². The molecule has 0 aromatic heterocycles. The molecule has 2 fully saturated rings. The Labute approximate surface area is 164 Å². The number of benzene rings is 1. The molecule has 4 amide bonds. The molecular weight excluding hydrogens is 356 g/mol. The molecule has 0 radical (unpaired) electrons. The highest BCUT2D eigenvalue weighted by Crippen LogP contribution is 2.46. The summed E-state index contributed by atoms with van der Waals surface area (Å²) in [5, 5.41) is 2.23. The van der Waals surface area contributed by atoms with Crippen molar-refractivity contribution in [3.8, 4) is 0 Å². The normalized spacial score (nSPS) is 28.0. The molecule has 2 heterocycles. The lowest BCUT2D eigenvalue weighted by atomic mass is 9.79. The van der Waals surface area contributed by atoms with Crippen LogP contribution in [0, 0.1) is 11.3 Å². The summed E-state index contributed by atoms with van der Waals surface area (Å²) in [4.78, 5) is 50.3. The number of piperidine rings is 1. The van der Waals surface area contributed by atoms with Gasteiger partial charge >= 0.3 is 0 Å². The van der Waals surface area contributed by atoms with Crippen LogP contribution in [0.4, 0.5) is 0 Å². The van der Waals surface area contributed by atoms with Gasteiger partial charge in [0.15, 0.2) is 0 Å². The number of rotatable bonds is 2. The van der Waals surface area contributed by atoms with Gasteiger partial charge in [0.1, 0.15) is 6.04 Å². The molecule has 4 rings (SSSR count). The van der Waals surface area contributed by atoms with E-state index < -0.39 is 23.8 Å². The number of nitrogens with zero attached hydrogens (tertiary/aromatic N) is 1. The standard InChI is InChI=1S/C22H26N2O4/c1-22(2,3)14-6-4-12(10-14)13-5-7-15-16(11-13)21(28)24(20(15)27)17-8-9-18(25)23-19(17)26/h5,7,11-12,14,17H,4,6,8-10H2,1-3H3,(H,23,25,26). The summed E-state index contributed by atoms with van der Waals surface area (Å²) in [6.45, 7) is 6.80. The maximum atomic E-state index is 13.0. The van der Waals surface area contributed by atoms with Crippen molar-refractivity contribution in [3.63, 3.8) is 0 Å². The molecule has 3 unspecified atom stereocenters. The molecule has 1 aliphatic carbocycles. The Balaban J connectivity index is 1.58. The van der Waals surface area contributed by atoms with Crippen LogP contribution in [0.2, 0.25) is 0 Å². The van der Waals surface area contributed by atoms with E-state index in [0.717, 1.165) is 23.3 Å². The summed E-state index contributed by atoms with van der Waals surface area (Å²) in [7, 11) is 0. The Morgan fingerprint density at radius 3 is 2.32 bits per heavy atom. The van der Waals surface area contributed by atoms with E-state index >= 15 is 0 Å². The van der Waals surface area contributed by atoms with E-state index in [0.29, 0.717) is 23.0 Å². The number of carbonyl (C=O) groups excluding carboxylic acids is 4. The average molecular weight is 382 g/mol. The first-order valence-electron chi connectivity index (χ1n) is 10.0. The number of nitrogens with one attached hydrogen (secondary N) is 1. The Hall–Kier alpha value is -2.50. The zero-order valence-electron chi connectivity index (χ0n) is 16.6. The van der Waals surface area contributed by atoms with Gasteiger partial charge in [0.05, 0.1) is 11.1 Å². The maximum absolute atomic E-state index is 13.0. The van der Waals surface area contributed by atoms with Crippen LogP contribution >= 0.6 is 0 Å². The third-order valence-corrected chi connectivity index (χ3v) is 6.59. The summed E-state index contributed by atoms with van der Waals surface area (Å²) >= 11 is 0. The minimum atomic E-state index is -0.912. The van der Waals surface area contributed by atoms with Gasteiger partial charge in [-0.05, 0) is 60.6 Å². The van der Waals surface area contributed by atoms with E-state index in [2.05, 4.69) is 26.1 Å². The molecule has 0 spiro atoms. The Morgan fingerprint density at radius 2 is 1.68 bits per heavy atom. The van der Waals surface area contributed by atoms with E-state index in [-0.39, 0.29) is 24.2 Å². The first-order chi connectivity index (χ1) is 13.2. The predicted molar refractivity (Wildman–Crippen MR) is 103 cm³/mol. The summed E-state index contributed by atoms with van der Waals surface area (Å²) in [5.74, 6) is -0.781. The Bertz CT molecular complexity index is 883. The van der Waals surface area contributed by atoms with Crippen molar-refractivity contribution in [2.45, 2.75) is 64.8 Å². The van der Waals surface area contributed by atoms with Crippen molar-refractivity contribution in [2.75, 3.05) is 0 Å². The fourth-order valence-electron chi connectivity index (χ4n) is 4.81. The molecule has 3 atom stereocenters. The number of amides is 4. The van der Waals surface area contributed by atoms with Crippen LogP contribution in [0.5, 0.6) is 0 Å². The van der Waals surface area contributed by atoms with Crippen LogP contribution in [0.1, 0.15) is 85.1 Å². The number of hydrogen-bond acceptors (Lipinski definition) is 4. The van der Waals surface area contributed by atoms with Crippen molar-refractivity contribution < 1.29 is 19.2 Å². The summed E-state index contributed by atoms with van der Waals surface area (Å²) < 4.78 is 0. The molecule has 1 aromatic rings. The number of fused-ring (bicyclic) bond motifs is 1. The summed E-state index contributed by atoms with van der Waals surface area (Å²) in [6.07, 6.45) is 3.64. The van der Waals surface area contributed by atoms with Gasteiger partial charge in [0.2, 0.25) is 11.8 Å². The third kappa shape index (κ3) is 3.05. The van der Waals surface area contributed by atoms with Gasteiger partial charge in [-0.1, -0.05) is 26.8 Å². The van der Waals surface area contributed by atoms with Gasteiger partial charge < -0.3 is 0 Å². The number of imide groups is 2. The van der Waals surface area contributed by atoms with Crippen LogP contribution < -0.4 is 5.32 Å². The minimum absolute atomic E-state index is 0.130. The number of carbonyl (C=O) groups is 4. The lowest BCUT2D eigenvalue weighted by molar-refractivity contribution is -0.136. The van der Waals surface area contributed by atoms with Gasteiger partial charge in [-0.15, -0.1) is 0 Å². The molecule has 1 N–H and O–H groups in total. The van der Waals surface area contributed by atoms with Crippen LogP contribution in [-0.4, -0.2) is 34.6 Å². The SMILES string of the molecule is CC(C)(C)C1CCC(c2ccc3c(c2)C(=O)N(C2CCC(=O)NC2=O)C3=O)C1. The first kappa shape index (κ1) is 18.8. The van der Waals surface area contributed by atoms with E-state index in [1.165, 1.54) is 6.42 Å². The smallest absolute Gasteiger partial charge is 0.262 e. The highest BCUT2D eigenvalue weighted by atomic mass is 16.2. The minimum Gasteiger partial charge on any atom is -0.295 e. The van der Waals surface area contributed by atoms with Crippen molar-refractivity contribution in [1.29, 1.82) is 0 Å². The highest BCUT2D eigenvalue weighted by Gasteiger charge is 2.45. The lowest BCUT2D eigenvalue weighted by Crippen LogP contribution is -2.54. The van der Waals surface area contributed by atoms with E-state index in [1.54, 1.807) is 6.07 Å². The molecule has 28 heavy (non-hydrogen) atoms. The number of hydrogen-bond donors (Lipinski definition) is 1. The second-order valence-electron chi connectivity index (χ2n) is 9.33. The second kappa shape index (κ2) is 6.54. The van der Waals surface area contributed by atoms with Crippen molar-refractivity contribution in [2.24, 2.45) is 11.3 Å². The fourth-order valence-corrected chi connectivity index (χ4v) is 4.81. The van der Waals surface area contributed by atoms with Gasteiger partial charge in [0, 0.05) is 6.42 Å². The molecule has 2 aliphatic heterocycles. The quantitative estimate of drug-likeness (QED) is 0.797. The van der Waals surface area contributed by atoms with Crippen molar-refractivity contribution in [1.82, 2.24) is 10.2 Å². The van der Waals surface area contributed by atoms with Gasteiger partial charge in [-0.2, -0.15) is 0 Å². The molecule has 1 saturated heterocycles. The molecule has 3 aliphatic rings. The molecule has 148 valence electrons. The third-order valence-electron chi connectivity index (χ3n) is 6.59. The highest BCUT2D eigenvalue weighted by molar-refractivity contribution is 6.23. The molecule has 1 saturated carbocycles. The largest absolute Gasteiger partial charge is 0.295 e. The Kier molecular flexibility index (Phi) is 4.40. The van der Waals surface area contributed by atoms with Crippen LogP contribution in [0.25, 0.3) is 0 Å². The Morgan fingerprint density at radius 1 is 0.964 bits per heavy atom. The van der Waals surface area contributed by atoms with Crippen molar-refractivity contribution >= 4 is 23.6 Å². The second-order valence-corrected chi connectivity index (χ2v) is 9.33. The monoisotopic (exact) mass is 382 g/mol. The molecule has 0 bridgehead atoms. The summed E-state index contributed by atoms with van der Waals surface area (Å²) in [6, 6.07) is 4.61. The van der Waals surface area contributed by atoms with E-state index in [4.69, 9.17) is 0 Å². The van der Waals surface area contributed by atoms with E-state index in [1.807, 2.05) is 12.1 Å². The first-order valence-corrected chi connectivity index (χ1v) is 10.0. The molecule has 6 heteroatoms. The van der Waals surface area contributed by atoms with Crippen LogP contribution in [0.15, 0.2) is 18.2 Å². The molecular formula is C22H26N2O4. The summed E-state index contributed by atoms with van der Waals surface area (Å²) in [5.41, 5.74) is 2.09. The van der Waals surface area contributed by atoms with E-state index in [9.17, 15) is 19.2 Å². The topological polar surface area (TPSA) is 83.6 Å². The van der Waals surface area contributed by atoms with Crippen molar-refractivity contribution in [3.05, 3.63) is 34.9 Å². The van der Waals surface area contributed by atoms with Crippen LogP contribution in [0.3, 0.4) is 0 Å². The molecule has 6 nitrogen and oxygen atoms in total. The fraction of sp³-hybridized carbons (Fsp3) is 0.545. The average Bonchev–Trinajstić information content (AvgIpc) is 3.21. The molecule has 1 aromatic carbocycles. The zero-order valence-corrected chi connectivity index (χ0v) is 16.6. The zero-order chi connectivity index (χ0) is 20.2. The predicted octanol–water partition coefficient (Wildman–Crippen LogP) is 3.02. The van der Waals surface area contributed by atoms with Crippen LogP contribution in [-0.2, 0) is 9.59 Å². The lowest BCUT2D eigenvalue weighted by Gasteiger charge is -2.27.